The van der Waals surface area contributed by atoms with E-state index < -0.39 is 0 Å². The maximum absolute atomic E-state index is 13.2. The van der Waals surface area contributed by atoms with Gasteiger partial charge >= 0.3 is 0 Å². The first-order valence-corrected chi connectivity index (χ1v) is 11.4. The van der Waals surface area contributed by atoms with E-state index in [1.807, 2.05) is 0 Å². The van der Waals surface area contributed by atoms with Crippen LogP contribution in [-0.4, -0.2) is 47.9 Å². The van der Waals surface area contributed by atoms with Gasteiger partial charge in [0.1, 0.15) is 0 Å². The van der Waals surface area contributed by atoms with Crippen molar-refractivity contribution in [3.05, 3.63) is 71.8 Å². The predicted octanol–water partition coefficient (Wildman–Crippen LogP) is 4.93. The molecule has 0 aliphatic carbocycles. The molecule has 0 N–H and O–H groups in total. The van der Waals surface area contributed by atoms with Crippen molar-refractivity contribution in [2.75, 3.05) is 26.2 Å². The van der Waals surface area contributed by atoms with Crippen molar-refractivity contribution in [2.24, 2.45) is 5.92 Å². The van der Waals surface area contributed by atoms with Crippen LogP contribution < -0.4 is 0 Å². The third-order valence-corrected chi connectivity index (χ3v) is 6.94. The van der Waals surface area contributed by atoms with E-state index in [2.05, 4.69) is 77.4 Å². The van der Waals surface area contributed by atoms with E-state index in [-0.39, 0.29) is 6.04 Å². The molecule has 154 valence electrons. The fourth-order valence-electron chi connectivity index (χ4n) is 5.37. The first-order valence-electron chi connectivity index (χ1n) is 11.4. The Labute approximate surface area is 175 Å². The molecule has 0 bridgehead atoms. The van der Waals surface area contributed by atoms with Gasteiger partial charge in [0, 0.05) is 19.0 Å². The number of nitrogens with zero attached hydrogens (tertiary/aromatic N) is 2. The van der Waals surface area contributed by atoms with Crippen LogP contribution in [0.4, 0.5) is 0 Å². The third-order valence-electron chi connectivity index (χ3n) is 6.94. The lowest BCUT2D eigenvalue weighted by molar-refractivity contribution is -0.139. The Balaban J connectivity index is 1.46. The van der Waals surface area contributed by atoms with Gasteiger partial charge in [-0.05, 0) is 55.8 Å². The van der Waals surface area contributed by atoms with Gasteiger partial charge in [-0.25, -0.2) is 0 Å². The van der Waals surface area contributed by atoms with E-state index in [0.29, 0.717) is 17.7 Å². The second-order valence-electron chi connectivity index (χ2n) is 8.60. The molecule has 2 saturated heterocycles. The summed E-state index contributed by atoms with van der Waals surface area (Å²) in [6.07, 6.45) is 5.62. The summed E-state index contributed by atoms with van der Waals surface area (Å²) in [7, 11) is 0. The van der Waals surface area contributed by atoms with Crippen LogP contribution in [0, 0.1) is 5.92 Å². The Kier molecular flexibility index (Phi) is 6.66. The summed E-state index contributed by atoms with van der Waals surface area (Å²) in [4.78, 5) is 17.8. The van der Waals surface area contributed by atoms with Crippen molar-refractivity contribution in [2.45, 2.75) is 51.0 Å². The zero-order chi connectivity index (χ0) is 20.1. The highest BCUT2D eigenvalue weighted by Crippen LogP contribution is 2.38. The van der Waals surface area contributed by atoms with E-state index in [1.165, 1.54) is 24.0 Å². The molecule has 2 aliphatic heterocycles. The number of likely N-dealkylation sites (tertiary alicyclic amines) is 2. The summed E-state index contributed by atoms with van der Waals surface area (Å²) in [5.41, 5.74) is 2.79. The summed E-state index contributed by atoms with van der Waals surface area (Å²) in [6.45, 7) is 6.04. The van der Waals surface area contributed by atoms with Crippen molar-refractivity contribution >= 4 is 5.91 Å². The van der Waals surface area contributed by atoms with E-state index >= 15 is 0 Å². The molecule has 1 atom stereocenters. The molecular formula is C26H34N2O. The van der Waals surface area contributed by atoms with Crippen LogP contribution in [0.5, 0.6) is 0 Å². The Bertz CT molecular complexity index is 728. The summed E-state index contributed by atoms with van der Waals surface area (Å²) in [5.74, 6) is 1.37. The van der Waals surface area contributed by atoms with E-state index in [0.717, 1.165) is 45.4 Å². The molecule has 0 aromatic heterocycles. The number of rotatable bonds is 5. The number of amides is 1. The molecule has 3 nitrogen and oxygen atoms in total. The normalized spacial score (nSPS) is 21.4. The molecule has 2 fully saturated rings. The molecular weight excluding hydrogens is 356 g/mol. The highest BCUT2D eigenvalue weighted by atomic mass is 16.2. The van der Waals surface area contributed by atoms with Gasteiger partial charge < -0.3 is 4.90 Å². The minimum Gasteiger partial charge on any atom is -0.341 e. The van der Waals surface area contributed by atoms with Crippen molar-refractivity contribution in [1.29, 1.82) is 0 Å². The Morgan fingerprint density at radius 1 is 0.862 bits per heavy atom. The molecule has 1 amide bonds. The lowest BCUT2D eigenvalue weighted by atomic mass is 9.76. The summed E-state index contributed by atoms with van der Waals surface area (Å²) in [5, 5.41) is 0. The third kappa shape index (κ3) is 4.56. The number of carbonyl (C=O) groups is 1. The zero-order valence-electron chi connectivity index (χ0n) is 17.7. The molecule has 4 rings (SSSR count). The molecule has 3 heteroatoms. The van der Waals surface area contributed by atoms with Gasteiger partial charge in [0.05, 0.1) is 6.04 Å². The second kappa shape index (κ2) is 9.58. The van der Waals surface area contributed by atoms with Crippen LogP contribution in [-0.2, 0) is 4.79 Å². The second-order valence-corrected chi connectivity index (χ2v) is 8.60. The van der Waals surface area contributed by atoms with Gasteiger partial charge in [-0.3, -0.25) is 9.69 Å². The van der Waals surface area contributed by atoms with Crippen molar-refractivity contribution in [3.8, 4) is 0 Å². The molecule has 2 aliphatic rings. The maximum Gasteiger partial charge on any atom is 0.239 e. The summed E-state index contributed by atoms with van der Waals surface area (Å²) < 4.78 is 0. The maximum atomic E-state index is 13.2. The lowest BCUT2D eigenvalue weighted by Crippen LogP contribution is -2.52. The molecule has 0 spiro atoms. The van der Waals surface area contributed by atoms with Crippen LogP contribution in [0.3, 0.4) is 0 Å². The Hall–Kier alpha value is -2.13. The first kappa shape index (κ1) is 20.2. The smallest absolute Gasteiger partial charge is 0.239 e. The van der Waals surface area contributed by atoms with E-state index in [1.54, 1.807) is 0 Å². The molecule has 2 aromatic rings. The molecule has 2 aromatic carbocycles. The van der Waals surface area contributed by atoms with Gasteiger partial charge in [0.2, 0.25) is 5.91 Å². The summed E-state index contributed by atoms with van der Waals surface area (Å²) >= 11 is 0. The lowest BCUT2D eigenvalue weighted by Gasteiger charge is -2.41. The van der Waals surface area contributed by atoms with Gasteiger partial charge in [-0.1, -0.05) is 74.0 Å². The average Bonchev–Trinajstić information content (AvgIpc) is 2.81. The Morgan fingerprint density at radius 3 is 2.00 bits per heavy atom. The zero-order valence-corrected chi connectivity index (χ0v) is 17.7. The van der Waals surface area contributed by atoms with Crippen molar-refractivity contribution < 1.29 is 4.79 Å². The minimum absolute atomic E-state index is 0.115. The van der Waals surface area contributed by atoms with Gasteiger partial charge in [0.15, 0.2) is 0 Å². The first-order chi connectivity index (χ1) is 14.3. The van der Waals surface area contributed by atoms with Crippen molar-refractivity contribution in [1.82, 2.24) is 9.80 Å². The SMILES string of the molecule is CCN1CCCCC1C(=O)N1CCC(C(c2ccccc2)c2ccccc2)CC1. The fraction of sp³-hybridized carbons (Fsp3) is 0.500. The molecule has 0 saturated carbocycles. The molecule has 1 unspecified atom stereocenters. The summed E-state index contributed by atoms with van der Waals surface area (Å²) in [6, 6.07) is 21.9. The number of piperidine rings is 2. The van der Waals surface area contributed by atoms with Crippen LogP contribution in [0.2, 0.25) is 0 Å². The minimum atomic E-state index is 0.115. The average molecular weight is 391 g/mol. The monoisotopic (exact) mass is 390 g/mol. The largest absolute Gasteiger partial charge is 0.341 e. The Morgan fingerprint density at radius 2 is 1.45 bits per heavy atom. The number of carbonyl (C=O) groups excluding carboxylic acids is 1. The molecule has 29 heavy (non-hydrogen) atoms. The van der Waals surface area contributed by atoms with Gasteiger partial charge in [-0.15, -0.1) is 0 Å². The number of benzene rings is 2. The highest BCUT2D eigenvalue weighted by Gasteiger charge is 2.35. The van der Waals surface area contributed by atoms with E-state index in [4.69, 9.17) is 0 Å². The molecule has 2 heterocycles. The topological polar surface area (TPSA) is 23.6 Å². The predicted molar refractivity (Wildman–Crippen MR) is 119 cm³/mol. The van der Waals surface area contributed by atoms with Crippen LogP contribution in [0.15, 0.2) is 60.7 Å². The van der Waals surface area contributed by atoms with Crippen LogP contribution >= 0.6 is 0 Å². The van der Waals surface area contributed by atoms with Gasteiger partial charge in [-0.2, -0.15) is 0 Å². The number of hydrogen-bond acceptors (Lipinski definition) is 2. The quantitative estimate of drug-likeness (QED) is 0.723. The molecule has 0 radical (unpaired) electrons. The van der Waals surface area contributed by atoms with Crippen LogP contribution in [0.1, 0.15) is 56.1 Å². The van der Waals surface area contributed by atoms with Crippen molar-refractivity contribution in [3.63, 3.8) is 0 Å². The number of hydrogen-bond donors (Lipinski definition) is 0. The standard InChI is InChI=1S/C26H34N2O/c1-2-27-18-10-9-15-24(27)26(29)28-19-16-23(17-20-28)25(21-11-5-3-6-12-21)22-13-7-4-8-14-22/h3-8,11-14,23-25H,2,9-10,15-20H2,1H3. The number of likely N-dealkylation sites (N-methyl/N-ethyl adjacent to an activating group) is 1. The van der Waals surface area contributed by atoms with E-state index in [9.17, 15) is 4.79 Å². The van der Waals surface area contributed by atoms with Gasteiger partial charge in [0.25, 0.3) is 0 Å². The van der Waals surface area contributed by atoms with Crippen LogP contribution in [0.25, 0.3) is 0 Å². The highest BCUT2D eigenvalue weighted by molar-refractivity contribution is 5.82. The fourth-order valence-corrected chi connectivity index (χ4v) is 5.37.